The van der Waals surface area contributed by atoms with Gasteiger partial charge in [-0.2, -0.15) is 0 Å². The van der Waals surface area contributed by atoms with Crippen molar-refractivity contribution in [3.8, 4) is 0 Å². The number of carbonyl (C=O) groups is 1. The molecule has 0 spiro atoms. The number of amides is 1. The summed E-state index contributed by atoms with van der Waals surface area (Å²) in [5.74, 6) is 0.104. The van der Waals surface area contributed by atoms with Crippen LogP contribution in [0.3, 0.4) is 0 Å². The summed E-state index contributed by atoms with van der Waals surface area (Å²) >= 11 is 0. The van der Waals surface area contributed by atoms with E-state index in [1.54, 1.807) is 13.2 Å². The number of carbonyl (C=O) groups excluding carboxylic acids is 1. The molecule has 2 N–H and O–H groups in total. The van der Waals surface area contributed by atoms with Crippen LogP contribution in [0, 0.1) is 10.1 Å². The lowest BCUT2D eigenvalue weighted by Crippen LogP contribution is -2.34. The first-order chi connectivity index (χ1) is 9.86. The van der Waals surface area contributed by atoms with E-state index in [9.17, 15) is 19.1 Å². The van der Waals surface area contributed by atoms with Gasteiger partial charge < -0.3 is 10.6 Å². The fraction of sp³-hybridized carbons (Fsp3) is 0.462. The van der Waals surface area contributed by atoms with E-state index >= 15 is 0 Å². The van der Waals surface area contributed by atoms with Gasteiger partial charge in [-0.25, -0.2) is 0 Å². The second kappa shape index (κ2) is 7.72. The molecule has 116 valence electrons. The maximum atomic E-state index is 12.2. The zero-order valence-corrected chi connectivity index (χ0v) is 13.0. The van der Waals surface area contributed by atoms with Gasteiger partial charge in [-0.05, 0) is 19.4 Å². The van der Waals surface area contributed by atoms with Crippen LogP contribution in [0.25, 0.3) is 0 Å². The SMILES string of the molecule is CNc1c(C(=O)NC(C)CCS(C)=O)cccc1[N+](=O)[O-]. The van der Waals surface area contributed by atoms with Crippen LogP contribution in [0.5, 0.6) is 0 Å². The molecule has 0 saturated heterocycles. The van der Waals surface area contributed by atoms with Crippen LogP contribution in [0.15, 0.2) is 18.2 Å². The van der Waals surface area contributed by atoms with E-state index in [1.807, 2.05) is 0 Å². The first kappa shape index (κ1) is 17.1. The molecule has 1 rings (SSSR count). The molecule has 0 aromatic heterocycles. The van der Waals surface area contributed by atoms with Crippen molar-refractivity contribution in [3.63, 3.8) is 0 Å². The van der Waals surface area contributed by atoms with E-state index in [1.165, 1.54) is 25.2 Å². The standard InChI is InChI=1S/C13H19N3O4S/c1-9(7-8-21(3)20)15-13(17)10-5-4-6-11(16(18)19)12(10)14-2/h4-6,9,14H,7-8H2,1-3H3,(H,15,17). The molecular formula is C13H19N3O4S. The number of hydrogen-bond donors (Lipinski definition) is 2. The lowest BCUT2D eigenvalue weighted by Gasteiger charge is -2.15. The molecule has 0 fully saturated rings. The summed E-state index contributed by atoms with van der Waals surface area (Å²) in [5, 5.41) is 16.4. The molecule has 2 unspecified atom stereocenters. The maximum Gasteiger partial charge on any atom is 0.293 e. The van der Waals surface area contributed by atoms with E-state index in [0.29, 0.717) is 12.2 Å². The molecule has 7 nitrogen and oxygen atoms in total. The Morgan fingerprint density at radius 1 is 1.48 bits per heavy atom. The number of para-hydroxylation sites is 1. The Morgan fingerprint density at radius 2 is 2.14 bits per heavy atom. The smallest absolute Gasteiger partial charge is 0.293 e. The summed E-state index contributed by atoms with van der Waals surface area (Å²) in [4.78, 5) is 22.6. The maximum absolute atomic E-state index is 12.2. The lowest BCUT2D eigenvalue weighted by atomic mass is 10.1. The molecule has 21 heavy (non-hydrogen) atoms. The molecule has 0 aliphatic rings. The number of rotatable bonds is 7. The van der Waals surface area contributed by atoms with Gasteiger partial charge in [0.2, 0.25) is 0 Å². The van der Waals surface area contributed by atoms with Crippen LogP contribution in [-0.2, 0) is 10.8 Å². The van der Waals surface area contributed by atoms with Crippen molar-refractivity contribution in [2.75, 3.05) is 24.4 Å². The van der Waals surface area contributed by atoms with Crippen LogP contribution in [0.2, 0.25) is 0 Å². The summed E-state index contributed by atoms with van der Waals surface area (Å²) in [6.45, 7) is 1.81. The largest absolute Gasteiger partial charge is 0.382 e. The highest BCUT2D eigenvalue weighted by atomic mass is 32.2. The molecule has 0 radical (unpaired) electrons. The van der Waals surface area contributed by atoms with Crippen LogP contribution < -0.4 is 10.6 Å². The predicted molar refractivity (Wildman–Crippen MR) is 83.1 cm³/mol. The van der Waals surface area contributed by atoms with Gasteiger partial charge in [0.15, 0.2) is 0 Å². The third-order valence-electron chi connectivity index (χ3n) is 2.95. The summed E-state index contributed by atoms with van der Waals surface area (Å²) < 4.78 is 11.0. The van der Waals surface area contributed by atoms with Gasteiger partial charge in [-0.15, -0.1) is 0 Å². The van der Waals surface area contributed by atoms with Crippen LogP contribution in [0.1, 0.15) is 23.7 Å². The predicted octanol–water partition coefficient (Wildman–Crippen LogP) is 1.52. The first-order valence-electron chi connectivity index (χ1n) is 6.42. The van der Waals surface area contributed by atoms with Crippen LogP contribution >= 0.6 is 0 Å². The van der Waals surface area contributed by atoms with Crippen molar-refractivity contribution >= 4 is 28.1 Å². The Labute approximate surface area is 125 Å². The third-order valence-corrected chi connectivity index (χ3v) is 3.76. The highest BCUT2D eigenvalue weighted by Gasteiger charge is 2.21. The molecule has 0 saturated carbocycles. The summed E-state index contributed by atoms with van der Waals surface area (Å²) in [6.07, 6.45) is 2.19. The molecule has 0 bridgehead atoms. The minimum absolute atomic E-state index is 0.146. The quantitative estimate of drug-likeness (QED) is 0.587. The van der Waals surface area contributed by atoms with E-state index in [-0.39, 0.29) is 23.0 Å². The zero-order chi connectivity index (χ0) is 16.0. The number of nitrogens with one attached hydrogen (secondary N) is 2. The summed E-state index contributed by atoms with van der Waals surface area (Å²) in [7, 11) is 0.616. The number of nitrogens with zero attached hydrogens (tertiary/aromatic N) is 1. The number of nitro benzene ring substituents is 1. The number of benzene rings is 1. The summed E-state index contributed by atoms with van der Waals surface area (Å²) in [6, 6.07) is 4.18. The molecule has 1 amide bonds. The fourth-order valence-electron chi connectivity index (χ4n) is 1.86. The third kappa shape index (κ3) is 4.82. The Balaban J connectivity index is 2.90. The van der Waals surface area contributed by atoms with Gasteiger partial charge in [-0.1, -0.05) is 6.07 Å². The molecule has 0 heterocycles. The molecule has 1 aromatic carbocycles. The topological polar surface area (TPSA) is 101 Å². The van der Waals surface area contributed by atoms with E-state index in [0.717, 1.165) is 0 Å². The van der Waals surface area contributed by atoms with Gasteiger partial charge in [0, 0.05) is 42.0 Å². The van der Waals surface area contributed by atoms with Gasteiger partial charge in [0.1, 0.15) is 5.69 Å². The van der Waals surface area contributed by atoms with Gasteiger partial charge >= 0.3 is 0 Å². The number of nitro groups is 1. The molecule has 0 aliphatic heterocycles. The highest BCUT2D eigenvalue weighted by Crippen LogP contribution is 2.27. The van der Waals surface area contributed by atoms with Crippen molar-refractivity contribution in [3.05, 3.63) is 33.9 Å². The monoisotopic (exact) mass is 313 g/mol. The van der Waals surface area contributed by atoms with E-state index in [2.05, 4.69) is 10.6 Å². The molecule has 8 heteroatoms. The zero-order valence-electron chi connectivity index (χ0n) is 12.2. The van der Waals surface area contributed by atoms with Gasteiger partial charge in [0.25, 0.3) is 11.6 Å². The summed E-state index contributed by atoms with van der Waals surface area (Å²) in [5.41, 5.74) is 0.259. The normalized spacial score (nSPS) is 13.3. The second-order valence-electron chi connectivity index (χ2n) is 4.65. The van der Waals surface area contributed by atoms with Crippen molar-refractivity contribution < 1.29 is 13.9 Å². The van der Waals surface area contributed by atoms with Crippen molar-refractivity contribution in [1.29, 1.82) is 0 Å². The Bertz CT molecular complexity index is 562. The molecule has 0 aliphatic carbocycles. The molecule has 1 aromatic rings. The van der Waals surface area contributed by atoms with Gasteiger partial charge in [-0.3, -0.25) is 19.1 Å². The van der Waals surface area contributed by atoms with Crippen LogP contribution in [-0.4, -0.2) is 40.1 Å². The van der Waals surface area contributed by atoms with E-state index < -0.39 is 21.6 Å². The van der Waals surface area contributed by atoms with Gasteiger partial charge in [0.05, 0.1) is 10.5 Å². The average molecular weight is 313 g/mol. The Hall–Kier alpha value is -1.96. The van der Waals surface area contributed by atoms with Crippen LogP contribution in [0.4, 0.5) is 11.4 Å². The molecular weight excluding hydrogens is 294 g/mol. The average Bonchev–Trinajstić information content (AvgIpc) is 2.43. The lowest BCUT2D eigenvalue weighted by molar-refractivity contribution is -0.384. The van der Waals surface area contributed by atoms with Crippen molar-refractivity contribution in [1.82, 2.24) is 5.32 Å². The fourth-order valence-corrected chi connectivity index (χ4v) is 2.55. The number of anilines is 1. The van der Waals surface area contributed by atoms with Crippen molar-refractivity contribution in [2.24, 2.45) is 0 Å². The van der Waals surface area contributed by atoms with Crippen molar-refractivity contribution in [2.45, 2.75) is 19.4 Å². The number of hydrogen-bond acceptors (Lipinski definition) is 5. The van der Waals surface area contributed by atoms with E-state index in [4.69, 9.17) is 0 Å². The Morgan fingerprint density at radius 3 is 2.67 bits per heavy atom. The minimum Gasteiger partial charge on any atom is -0.382 e. The minimum atomic E-state index is -0.914. The highest BCUT2D eigenvalue weighted by molar-refractivity contribution is 7.84. The first-order valence-corrected chi connectivity index (χ1v) is 8.15. The Kier molecular flexibility index (Phi) is 6.29. The molecule has 2 atom stereocenters. The second-order valence-corrected chi connectivity index (χ2v) is 6.20.